The van der Waals surface area contributed by atoms with Gasteiger partial charge in [0.15, 0.2) is 0 Å². The summed E-state index contributed by atoms with van der Waals surface area (Å²) in [6, 6.07) is 7.46. The van der Waals surface area contributed by atoms with Gasteiger partial charge in [0.1, 0.15) is 0 Å². The summed E-state index contributed by atoms with van der Waals surface area (Å²) in [5, 5.41) is 8.94. The Labute approximate surface area is 125 Å². The van der Waals surface area contributed by atoms with E-state index in [2.05, 4.69) is 16.0 Å². The zero-order valence-electron chi connectivity index (χ0n) is 12.4. The molecule has 1 aliphatic rings. The molecule has 1 atom stereocenters. The van der Waals surface area contributed by atoms with Crippen LogP contribution < -0.4 is 16.0 Å². The van der Waals surface area contributed by atoms with Crippen LogP contribution in [0.4, 0.5) is 5.69 Å². The van der Waals surface area contributed by atoms with Crippen molar-refractivity contribution in [3.63, 3.8) is 0 Å². The molecule has 5 heteroatoms. The van der Waals surface area contributed by atoms with Gasteiger partial charge in [-0.25, -0.2) is 0 Å². The number of hydrogen-bond acceptors (Lipinski definition) is 3. The van der Waals surface area contributed by atoms with Crippen molar-refractivity contribution in [3.05, 3.63) is 29.8 Å². The van der Waals surface area contributed by atoms with Gasteiger partial charge in [-0.1, -0.05) is 12.1 Å². The van der Waals surface area contributed by atoms with Gasteiger partial charge < -0.3 is 16.0 Å². The highest BCUT2D eigenvalue weighted by Gasteiger charge is 2.20. The first-order valence-electron chi connectivity index (χ1n) is 7.56. The van der Waals surface area contributed by atoms with Crippen LogP contribution in [0.3, 0.4) is 0 Å². The summed E-state index contributed by atoms with van der Waals surface area (Å²) >= 11 is 0. The van der Waals surface area contributed by atoms with Gasteiger partial charge in [0.25, 0.3) is 0 Å². The largest absolute Gasteiger partial charge is 0.356 e. The fourth-order valence-corrected chi connectivity index (χ4v) is 2.47. The minimum absolute atomic E-state index is 0.0163. The molecule has 0 radical (unpaired) electrons. The molecule has 0 bridgehead atoms. The fourth-order valence-electron chi connectivity index (χ4n) is 2.47. The predicted octanol–water partition coefficient (Wildman–Crippen LogP) is 1.30. The van der Waals surface area contributed by atoms with Gasteiger partial charge in [0, 0.05) is 18.8 Å². The molecule has 0 spiro atoms. The van der Waals surface area contributed by atoms with Gasteiger partial charge in [0.2, 0.25) is 11.8 Å². The summed E-state index contributed by atoms with van der Waals surface area (Å²) in [6.07, 6.45) is 2.35. The number of benzene rings is 1. The van der Waals surface area contributed by atoms with Crippen LogP contribution in [-0.4, -0.2) is 31.4 Å². The van der Waals surface area contributed by atoms with Crippen molar-refractivity contribution in [3.8, 4) is 0 Å². The molecular formula is C16H23N3O2. The van der Waals surface area contributed by atoms with Crippen LogP contribution >= 0.6 is 0 Å². The zero-order valence-corrected chi connectivity index (χ0v) is 12.4. The average Bonchev–Trinajstić information content (AvgIpc) is 2.50. The minimum Gasteiger partial charge on any atom is -0.356 e. The van der Waals surface area contributed by atoms with E-state index in [4.69, 9.17) is 0 Å². The molecule has 1 heterocycles. The molecule has 1 aliphatic heterocycles. The number of carbonyl (C=O) groups is 2. The third-order valence-corrected chi connectivity index (χ3v) is 3.63. The maximum Gasteiger partial charge on any atom is 0.228 e. The molecular weight excluding hydrogens is 266 g/mol. The number of anilines is 1. The predicted molar refractivity (Wildman–Crippen MR) is 83.1 cm³/mol. The summed E-state index contributed by atoms with van der Waals surface area (Å²) < 4.78 is 0. The zero-order chi connectivity index (χ0) is 15.1. The molecule has 1 aromatic rings. The van der Waals surface area contributed by atoms with E-state index in [1.165, 1.54) is 0 Å². The summed E-state index contributed by atoms with van der Waals surface area (Å²) in [6.45, 7) is 4.29. The lowest BCUT2D eigenvalue weighted by Gasteiger charge is -2.21. The Morgan fingerprint density at radius 3 is 2.67 bits per heavy atom. The van der Waals surface area contributed by atoms with Crippen molar-refractivity contribution >= 4 is 17.5 Å². The van der Waals surface area contributed by atoms with E-state index in [0.29, 0.717) is 13.0 Å². The van der Waals surface area contributed by atoms with Crippen molar-refractivity contribution < 1.29 is 9.59 Å². The van der Waals surface area contributed by atoms with Crippen LogP contribution in [-0.2, 0) is 16.0 Å². The lowest BCUT2D eigenvalue weighted by atomic mass is 9.99. The first-order valence-corrected chi connectivity index (χ1v) is 7.56. The number of amides is 2. The van der Waals surface area contributed by atoms with Crippen LogP contribution in [0.1, 0.15) is 25.3 Å². The lowest BCUT2D eigenvalue weighted by molar-refractivity contribution is -0.121. The van der Waals surface area contributed by atoms with Crippen molar-refractivity contribution in [1.29, 1.82) is 0 Å². The van der Waals surface area contributed by atoms with E-state index in [9.17, 15) is 9.59 Å². The second-order valence-electron chi connectivity index (χ2n) is 5.36. The summed E-state index contributed by atoms with van der Waals surface area (Å²) in [7, 11) is 0. The van der Waals surface area contributed by atoms with Gasteiger partial charge >= 0.3 is 0 Å². The normalized spacial score (nSPS) is 18.0. The standard InChI is InChI=1S/C16H23N3O2/c1-2-18-15(20)10-12-5-7-14(8-6-12)19-16(21)13-4-3-9-17-11-13/h5-8,13,17H,2-4,9-11H2,1H3,(H,18,20)(H,19,21). The molecule has 0 aromatic heterocycles. The van der Waals surface area contributed by atoms with E-state index in [1.807, 2.05) is 31.2 Å². The Morgan fingerprint density at radius 2 is 2.05 bits per heavy atom. The summed E-state index contributed by atoms with van der Waals surface area (Å²) in [5.74, 6) is 0.134. The van der Waals surface area contributed by atoms with Crippen molar-refractivity contribution in [2.75, 3.05) is 25.0 Å². The summed E-state index contributed by atoms with van der Waals surface area (Å²) in [4.78, 5) is 23.6. The lowest BCUT2D eigenvalue weighted by Crippen LogP contribution is -2.37. The maximum atomic E-state index is 12.1. The molecule has 21 heavy (non-hydrogen) atoms. The van der Waals surface area contributed by atoms with Crippen molar-refractivity contribution in [2.45, 2.75) is 26.2 Å². The second kappa shape index (κ2) is 7.78. The van der Waals surface area contributed by atoms with Crippen LogP contribution in [0.25, 0.3) is 0 Å². The van der Waals surface area contributed by atoms with E-state index in [0.717, 1.165) is 37.2 Å². The number of hydrogen-bond donors (Lipinski definition) is 3. The monoisotopic (exact) mass is 289 g/mol. The van der Waals surface area contributed by atoms with E-state index < -0.39 is 0 Å². The van der Waals surface area contributed by atoms with Crippen LogP contribution in [0.2, 0.25) is 0 Å². The van der Waals surface area contributed by atoms with Crippen LogP contribution in [0.5, 0.6) is 0 Å². The molecule has 0 saturated carbocycles. The minimum atomic E-state index is 0.0163. The molecule has 114 valence electrons. The quantitative estimate of drug-likeness (QED) is 0.765. The Balaban J connectivity index is 1.86. The Kier molecular flexibility index (Phi) is 5.75. The highest BCUT2D eigenvalue weighted by Crippen LogP contribution is 2.15. The summed E-state index contributed by atoms with van der Waals surface area (Å²) in [5.41, 5.74) is 1.73. The van der Waals surface area contributed by atoms with E-state index >= 15 is 0 Å². The van der Waals surface area contributed by atoms with Crippen molar-refractivity contribution in [1.82, 2.24) is 10.6 Å². The van der Waals surface area contributed by atoms with Gasteiger partial charge in [-0.2, -0.15) is 0 Å². The van der Waals surface area contributed by atoms with E-state index in [1.54, 1.807) is 0 Å². The van der Waals surface area contributed by atoms with Crippen LogP contribution in [0, 0.1) is 5.92 Å². The second-order valence-corrected chi connectivity index (χ2v) is 5.36. The number of piperidine rings is 1. The molecule has 0 aliphatic carbocycles. The van der Waals surface area contributed by atoms with Gasteiger partial charge in [-0.3, -0.25) is 9.59 Å². The average molecular weight is 289 g/mol. The SMILES string of the molecule is CCNC(=O)Cc1ccc(NC(=O)C2CCCNC2)cc1. The molecule has 3 N–H and O–H groups in total. The molecule has 1 aromatic carbocycles. The molecule has 2 amide bonds. The third-order valence-electron chi connectivity index (χ3n) is 3.63. The highest BCUT2D eigenvalue weighted by molar-refractivity contribution is 5.92. The van der Waals surface area contributed by atoms with E-state index in [-0.39, 0.29) is 17.7 Å². The number of rotatable bonds is 5. The Bertz CT molecular complexity index is 479. The maximum absolute atomic E-state index is 12.1. The number of nitrogens with one attached hydrogen (secondary N) is 3. The number of carbonyl (C=O) groups excluding carboxylic acids is 2. The van der Waals surface area contributed by atoms with Gasteiger partial charge in [-0.15, -0.1) is 0 Å². The Morgan fingerprint density at radius 1 is 1.29 bits per heavy atom. The first kappa shape index (κ1) is 15.5. The van der Waals surface area contributed by atoms with Crippen molar-refractivity contribution in [2.24, 2.45) is 5.92 Å². The molecule has 2 rings (SSSR count). The fraction of sp³-hybridized carbons (Fsp3) is 0.500. The molecule has 5 nitrogen and oxygen atoms in total. The Hall–Kier alpha value is -1.88. The third kappa shape index (κ3) is 4.86. The first-order chi connectivity index (χ1) is 10.2. The highest BCUT2D eigenvalue weighted by atomic mass is 16.2. The number of likely N-dealkylation sites (N-methyl/N-ethyl adjacent to an activating group) is 1. The molecule has 1 saturated heterocycles. The van der Waals surface area contributed by atoms with Gasteiger partial charge in [-0.05, 0) is 44.0 Å². The molecule has 1 fully saturated rings. The molecule has 1 unspecified atom stereocenters. The van der Waals surface area contributed by atoms with Crippen LogP contribution in [0.15, 0.2) is 24.3 Å². The smallest absolute Gasteiger partial charge is 0.228 e. The van der Waals surface area contributed by atoms with Gasteiger partial charge in [0.05, 0.1) is 12.3 Å². The topological polar surface area (TPSA) is 70.2 Å².